The van der Waals surface area contributed by atoms with E-state index in [0.717, 1.165) is 60.7 Å². The third-order valence-corrected chi connectivity index (χ3v) is 6.48. The van der Waals surface area contributed by atoms with E-state index in [2.05, 4.69) is 0 Å². The molecular formula is C35H25BiCuO25. The molecular weight excluding hydrogens is 1090 g/mol. The van der Waals surface area contributed by atoms with Gasteiger partial charge in [-0.15, -0.1) is 0 Å². The van der Waals surface area contributed by atoms with Crippen molar-refractivity contribution in [3.8, 4) is 86.2 Å². The Morgan fingerprint density at radius 3 is 0.419 bits per heavy atom. The van der Waals surface area contributed by atoms with Gasteiger partial charge in [0.25, 0.3) is 0 Å². The topological polar surface area (TPSA) is 504 Å². The molecule has 5 aromatic carbocycles. The van der Waals surface area contributed by atoms with Crippen LogP contribution in [0.2, 0.25) is 0 Å². The van der Waals surface area contributed by atoms with Crippen LogP contribution in [0.5, 0.6) is 86.2 Å². The maximum absolute atomic E-state index is 10.7. The standard InChI is InChI=1S/5C7H6O5.Bi.Cu/c5*8-4-1-3(7(11)12)2-5(9)6(4)10;;/h5*1-2,8-10H,(H,11,12);;/q;;;;;+3;+2/p-5. The summed E-state index contributed by atoms with van der Waals surface area (Å²) >= 11 is 0. The van der Waals surface area contributed by atoms with Gasteiger partial charge in [-0.25, -0.2) is 24.0 Å². The molecule has 0 heterocycles. The van der Waals surface area contributed by atoms with E-state index in [1.54, 1.807) is 0 Å². The first-order valence-corrected chi connectivity index (χ1v) is 14.9. The Labute approximate surface area is 372 Å². The minimum atomic E-state index is -1.32. The summed E-state index contributed by atoms with van der Waals surface area (Å²) in [5.74, 6) is -19.2. The Morgan fingerprint density at radius 2 is 0.355 bits per heavy atom. The summed E-state index contributed by atoms with van der Waals surface area (Å²) in [7, 11) is 0. The molecule has 0 aliphatic heterocycles. The van der Waals surface area contributed by atoms with Crippen LogP contribution in [0.15, 0.2) is 60.7 Å². The second kappa shape index (κ2) is 24.1. The van der Waals surface area contributed by atoms with Crippen LogP contribution in [0.3, 0.4) is 0 Å². The number of phenols is 10. The molecule has 0 bridgehead atoms. The molecule has 15 N–H and O–H groups in total. The average Bonchev–Trinajstić information content (AvgIpc) is 3.15. The molecule has 5 aromatic rings. The van der Waals surface area contributed by atoms with Crippen LogP contribution in [0.1, 0.15) is 51.8 Å². The average molecular weight is 1120 g/mol. The van der Waals surface area contributed by atoms with Gasteiger partial charge >= 0.3 is 73.1 Å². The van der Waals surface area contributed by atoms with Crippen molar-refractivity contribution >= 4 is 56.0 Å². The fourth-order valence-electron chi connectivity index (χ4n) is 3.61. The van der Waals surface area contributed by atoms with Crippen molar-refractivity contribution in [2.24, 2.45) is 0 Å². The molecule has 5 rings (SSSR count). The molecule has 62 heavy (non-hydrogen) atoms. The molecule has 0 aliphatic carbocycles. The number of phenolic OH excluding ortho intramolecular Hbond substituents is 10. The molecule has 25 nitrogen and oxygen atoms in total. The minimum Gasteiger partial charge on any atom is -0.867 e. The molecule has 331 valence electrons. The summed E-state index contributed by atoms with van der Waals surface area (Å²) in [5, 5.41) is 183. The Bertz CT molecular complexity index is 1940. The van der Waals surface area contributed by atoms with Crippen LogP contribution in [-0.2, 0) is 17.1 Å². The first-order chi connectivity index (χ1) is 27.6. The van der Waals surface area contributed by atoms with Gasteiger partial charge in [0.2, 0.25) is 0 Å². The second-order valence-electron chi connectivity index (χ2n) is 10.7. The van der Waals surface area contributed by atoms with Gasteiger partial charge < -0.3 is 102 Å². The van der Waals surface area contributed by atoms with Crippen molar-refractivity contribution in [2.45, 2.75) is 0 Å². The molecule has 3 radical (unpaired) electrons. The number of carboxylic acid groups (broad SMARTS) is 5. The van der Waals surface area contributed by atoms with E-state index >= 15 is 0 Å². The molecule has 0 fully saturated rings. The van der Waals surface area contributed by atoms with Crippen molar-refractivity contribution in [1.82, 2.24) is 0 Å². The summed E-state index contributed by atoms with van der Waals surface area (Å²) in [6, 6.07) is 7.82. The van der Waals surface area contributed by atoms with E-state index in [9.17, 15) is 49.5 Å². The number of carbonyl (C=O) groups is 5. The van der Waals surface area contributed by atoms with Crippen LogP contribution in [0.25, 0.3) is 0 Å². The van der Waals surface area contributed by atoms with Gasteiger partial charge in [0.15, 0.2) is 0 Å². The molecule has 0 aromatic heterocycles. The number of hydrogen-bond acceptors (Lipinski definition) is 20. The van der Waals surface area contributed by atoms with E-state index in [1.807, 2.05) is 0 Å². The minimum absolute atomic E-state index is 0. The molecule has 0 atom stereocenters. The van der Waals surface area contributed by atoms with Crippen LogP contribution in [0, 0.1) is 0 Å². The van der Waals surface area contributed by atoms with Gasteiger partial charge in [-0.2, -0.15) is 0 Å². The maximum Gasteiger partial charge on any atom is 3.00 e. The van der Waals surface area contributed by atoms with E-state index in [4.69, 9.17) is 76.6 Å². The summed E-state index contributed by atoms with van der Waals surface area (Å²) in [6.45, 7) is 0. The largest absolute Gasteiger partial charge is 3.00 e. The van der Waals surface area contributed by atoms with Crippen LogP contribution < -0.4 is 25.5 Å². The molecule has 0 spiro atoms. The van der Waals surface area contributed by atoms with Gasteiger partial charge in [-0.05, 0) is 89.4 Å². The third kappa shape index (κ3) is 15.9. The Balaban J connectivity index is 0. The summed E-state index contributed by atoms with van der Waals surface area (Å²) in [4.78, 5) is 51.5. The van der Waals surface area contributed by atoms with E-state index < -0.39 is 116 Å². The zero-order valence-electron chi connectivity index (χ0n) is 29.8. The number of carboxylic acids is 5. The first kappa shape index (κ1) is 55.9. The molecule has 0 aliphatic rings. The van der Waals surface area contributed by atoms with Crippen LogP contribution >= 0.6 is 0 Å². The molecule has 0 amide bonds. The molecule has 0 saturated carbocycles. The monoisotopic (exact) mass is 1120 g/mol. The smallest absolute Gasteiger partial charge is 0.867 e. The molecule has 27 heteroatoms. The fourth-order valence-corrected chi connectivity index (χ4v) is 3.61. The van der Waals surface area contributed by atoms with Crippen molar-refractivity contribution in [3.63, 3.8) is 0 Å². The summed E-state index contributed by atoms with van der Waals surface area (Å²) in [5.41, 5.74) is -1.65. The van der Waals surface area contributed by atoms with E-state index in [1.165, 1.54) is 0 Å². The van der Waals surface area contributed by atoms with Gasteiger partial charge in [0.05, 0.1) is 27.8 Å². The normalized spacial score (nSPS) is 9.35. The van der Waals surface area contributed by atoms with Crippen molar-refractivity contribution in [2.75, 3.05) is 0 Å². The zero-order chi connectivity index (χ0) is 46.5. The van der Waals surface area contributed by atoms with Crippen molar-refractivity contribution < 1.29 is 143 Å². The van der Waals surface area contributed by atoms with Crippen LogP contribution in [0.4, 0.5) is 0 Å². The Kier molecular flexibility index (Phi) is 21.7. The SMILES string of the molecule is O=C(O)c1cc(O)c([O-])c(O)c1.O=C(O)c1cc(O)c([O-])c(O)c1.O=C(O)c1cc(O)c([O-])c(O)c1.O=C(O)c1cc(O)c([O-])c(O)c1.O=C(O)c1cc(O)c([O-])c(O)c1.[Bi+3].[Cu+2]. The fraction of sp³-hybridized carbons (Fsp3) is 0. The molecule has 0 unspecified atom stereocenters. The van der Waals surface area contributed by atoms with Crippen molar-refractivity contribution in [1.29, 1.82) is 0 Å². The van der Waals surface area contributed by atoms with Crippen molar-refractivity contribution in [3.05, 3.63) is 88.5 Å². The predicted molar refractivity (Wildman–Crippen MR) is 187 cm³/mol. The third-order valence-electron chi connectivity index (χ3n) is 6.48. The van der Waals surface area contributed by atoms with Gasteiger partial charge in [-0.3, -0.25) is 0 Å². The maximum atomic E-state index is 10.7. The van der Waals surface area contributed by atoms with Crippen LogP contribution in [-0.4, -0.2) is 133 Å². The predicted octanol–water partition coefficient (Wildman–Crippen LogP) is -1.04. The quantitative estimate of drug-likeness (QED) is 0.0935. The number of hydrogen-bond donors (Lipinski definition) is 15. The Morgan fingerprint density at radius 1 is 0.274 bits per heavy atom. The van der Waals surface area contributed by atoms with Gasteiger partial charge in [0, 0.05) is 0 Å². The summed E-state index contributed by atoms with van der Waals surface area (Å²) < 4.78 is 0. The summed E-state index contributed by atoms with van der Waals surface area (Å²) in [6.07, 6.45) is 0. The van der Waals surface area contributed by atoms with E-state index in [0.29, 0.717) is 0 Å². The number of rotatable bonds is 5. The zero-order valence-corrected chi connectivity index (χ0v) is 34.2. The van der Waals surface area contributed by atoms with Gasteiger partial charge in [0.1, 0.15) is 57.5 Å². The van der Waals surface area contributed by atoms with Gasteiger partial charge in [-0.1, -0.05) is 0 Å². The number of aromatic carboxylic acids is 5. The Hall–Kier alpha value is -8.15. The molecule has 0 saturated heterocycles. The second-order valence-corrected chi connectivity index (χ2v) is 10.7. The number of benzene rings is 5. The van der Waals surface area contributed by atoms with E-state index in [-0.39, 0.29) is 71.1 Å². The first-order valence-electron chi connectivity index (χ1n) is 14.9. The number of aromatic hydroxyl groups is 10.